The molecule has 1 unspecified atom stereocenters. The van der Waals surface area contributed by atoms with Gasteiger partial charge in [0.1, 0.15) is 19.0 Å². The van der Waals surface area contributed by atoms with E-state index in [1.807, 2.05) is 6.92 Å². The van der Waals surface area contributed by atoms with Gasteiger partial charge in [-0.15, -0.1) is 0 Å². The topological polar surface area (TPSA) is 109 Å². The van der Waals surface area contributed by atoms with Crippen LogP contribution in [0.25, 0.3) is 0 Å². The molecule has 52 heavy (non-hydrogen) atoms. The highest BCUT2D eigenvalue weighted by molar-refractivity contribution is 5.72. The fraction of sp³-hybridized carbons (Fsp3) is 0.829. The van der Waals surface area contributed by atoms with Crippen LogP contribution in [0.15, 0.2) is 24.3 Å². The number of aryl methyl sites for hydroxylation is 1. The molecular weight excluding hydrogens is 668 g/mol. The summed E-state index contributed by atoms with van der Waals surface area (Å²) < 4.78 is 55.2. The Hall–Kier alpha value is -1.83. The van der Waals surface area contributed by atoms with E-state index in [1.54, 1.807) is 0 Å². The molecule has 0 spiro atoms. The highest BCUT2D eigenvalue weighted by atomic mass is 16.6. The first-order valence-corrected chi connectivity index (χ1v) is 20.2. The van der Waals surface area contributed by atoms with Crippen molar-refractivity contribution in [3.05, 3.63) is 29.8 Å². The third-order valence-corrected chi connectivity index (χ3v) is 8.30. The SMILES string of the molecule is CCCCCCCCCc1ccc(OCCOCCOCCOCCOCCOCCOCCOCCOCCOC(=O)C(CC)CCCC)cc1. The number of hydrogen-bond donors (Lipinski definition) is 0. The molecule has 0 amide bonds. The van der Waals surface area contributed by atoms with Crippen LogP contribution in [0.2, 0.25) is 0 Å². The summed E-state index contributed by atoms with van der Waals surface area (Å²) in [6.07, 6.45) is 14.3. The maximum Gasteiger partial charge on any atom is 0.308 e. The molecule has 0 bridgehead atoms. The summed E-state index contributed by atoms with van der Waals surface area (Å²) in [5.74, 6) is 0.766. The van der Waals surface area contributed by atoms with Crippen LogP contribution in [0.5, 0.6) is 5.75 Å². The maximum absolute atomic E-state index is 12.0. The summed E-state index contributed by atoms with van der Waals surface area (Å²) in [5, 5.41) is 0. The summed E-state index contributed by atoms with van der Waals surface area (Å²) in [4.78, 5) is 12.0. The molecule has 304 valence electrons. The van der Waals surface area contributed by atoms with Gasteiger partial charge in [-0.25, -0.2) is 0 Å². The van der Waals surface area contributed by atoms with Gasteiger partial charge in [0.25, 0.3) is 0 Å². The molecule has 1 aromatic carbocycles. The lowest BCUT2D eigenvalue weighted by Crippen LogP contribution is -2.20. The Balaban J connectivity index is 1.73. The summed E-state index contributed by atoms with van der Waals surface area (Å²) in [6, 6.07) is 8.45. The van der Waals surface area contributed by atoms with Gasteiger partial charge in [-0.2, -0.15) is 0 Å². The zero-order chi connectivity index (χ0) is 37.4. The number of hydrogen-bond acceptors (Lipinski definition) is 11. The first-order valence-electron chi connectivity index (χ1n) is 20.2. The van der Waals surface area contributed by atoms with E-state index >= 15 is 0 Å². The fourth-order valence-electron chi connectivity index (χ4n) is 5.16. The van der Waals surface area contributed by atoms with Crippen molar-refractivity contribution in [3.63, 3.8) is 0 Å². The second kappa shape index (κ2) is 38.9. The smallest absolute Gasteiger partial charge is 0.308 e. The molecule has 1 rings (SSSR count). The van der Waals surface area contributed by atoms with Crippen molar-refractivity contribution in [1.29, 1.82) is 0 Å². The maximum atomic E-state index is 12.0. The number of carbonyl (C=O) groups excluding carboxylic acids is 1. The van der Waals surface area contributed by atoms with Crippen LogP contribution in [0.3, 0.4) is 0 Å². The van der Waals surface area contributed by atoms with Crippen LogP contribution in [0.4, 0.5) is 0 Å². The van der Waals surface area contributed by atoms with Gasteiger partial charge in [0.2, 0.25) is 0 Å². The highest BCUT2D eigenvalue weighted by Gasteiger charge is 2.17. The predicted molar refractivity (Wildman–Crippen MR) is 204 cm³/mol. The van der Waals surface area contributed by atoms with E-state index in [4.69, 9.17) is 47.4 Å². The van der Waals surface area contributed by atoms with Crippen molar-refractivity contribution >= 4 is 5.97 Å². The Morgan fingerprint density at radius 2 is 0.846 bits per heavy atom. The quantitative estimate of drug-likeness (QED) is 0.0500. The van der Waals surface area contributed by atoms with Crippen molar-refractivity contribution in [2.75, 3.05) is 119 Å². The highest BCUT2D eigenvalue weighted by Crippen LogP contribution is 2.16. The van der Waals surface area contributed by atoms with Crippen LogP contribution in [-0.2, 0) is 53.8 Å². The Morgan fingerprint density at radius 3 is 1.27 bits per heavy atom. The zero-order valence-corrected chi connectivity index (χ0v) is 33.1. The van der Waals surface area contributed by atoms with Gasteiger partial charge in [0.15, 0.2) is 0 Å². The molecule has 0 saturated heterocycles. The fourth-order valence-corrected chi connectivity index (χ4v) is 5.16. The molecule has 0 aliphatic carbocycles. The van der Waals surface area contributed by atoms with Crippen molar-refractivity contribution in [1.82, 2.24) is 0 Å². The van der Waals surface area contributed by atoms with Gasteiger partial charge in [-0.1, -0.05) is 84.3 Å². The molecule has 0 saturated carbocycles. The summed E-state index contributed by atoms with van der Waals surface area (Å²) >= 11 is 0. The van der Waals surface area contributed by atoms with Gasteiger partial charge in [0.05, 0.1) is 112 Å². The second-order valence-electron chi connectivity index (χ2n) is 12.7. The molecule has 11 heteroatoms. The number of benzene rings is 1. The molecule has 0 radical (unpaired) electrons. The zero-order valence-electron chi connectivity index (χ0n) is 33.1. The summed E-state index contributed by atoms with van der Waals surface area (Å²) in [6.45, 7) is 15.1. The van der Waals surface area contributed by atoms with Crippen molar-refractivity contribution < 1.29 is 52.2 Å². The molecule has 0 fully saturated rings. The number of esters is 1. The van der Waals surface area contributed by atoms with Gasteiger partial charge >= 0.3 is 5.97 Å². The first-order chi connectivity index (χ1) is 25.7. The van der Waals surface area contributed by atoms with Crippen molar-refractivity contribution in [2.45, 2.75) is 97.8 Å². The molecule has 0 aliphatic heterocycles. The van der Waals surface area contributed by atoms with E-state index in [9.17, 15) is 4.79 Å². The third kappa shape index (κ3) is 31.7. The Morgan fingerprint density at radius 1 is 0.462 bits per heavy atom. The van der Waals surface area contributed by atoms with E-state index < -0.39 is 0 Å². The molecule has 0 aromatic heterocycles. The Labute approximate surface area is 316 Å². The lowest BCUT2D eigenvalue weighted by atomic mass is 10.00. The van der Waals surface area contributed by atoms with Crippen molar-refractivity contribution in [2.24, 2.45) is 5.92 Å². The number of rotatable bonds is 41. The minimum absolute atomic E-state index is 0.00182. The van der Waals surface area contributed by atoms with Crippen molar-refractivity contribution in [3.8, 4) is 5.75 Å². The molecule has 11 nitrogen and oxygen atoms in total. The minimum atomic E-state index is -0.117. The molecule has 0 N–H and O–H groups in total. The molecule has 1 aromatic rings. The average molecular weight is 743 g/mol. The third-order valence-electron chi connectivity index (χ3n) is 8.30. The largest absolute Gasteiger partial charge is 0.491 e. The van der Waals surface area contributed by atoms with Gasteiger partial charge < -0.3 is 47.4 Å². The lowest BCUT2D eigenvalue weighted by molar-refractivity contribution is -0.150. The Kier molecular flexibility index (Phi) is 36.0. The van der Waals surface area contributed by atoms with E-state index in [1.165, 1.54) is 50.5 Å². The number of carbonyl (C=O) groups is 1. The number of ether oxygens (including phenoxy) is 10. The summed E-state index contributed by atoms with van der Waals surface area (Å²) in [7, 11) is 0. The second-order valence-corrected chi connectivity index (χ2v) is 12.7. The van der Waals surface area contributed by atoms with Crippen LogP contribution in [0, 0.1) is 5.92 Å². The van der Waals surface area contributed by atoms with Gasteiger partial charge in [-0.05, 0) is 43.4 Å². The standard InChI is InChI=1S/C41H74O11/c1-4-7-9-10-11-12-13-14-38-16-18-40(19-17-38)51-36-34-49-32-30-47-28-26-45-24-22-43-20-21-44-23-25-46-27-29-48-31-33-50-35-37-52-41(42)39(6-3)15-8-5-2/h16-19,39H,4-15,20-37H2,1-3H3. The lowest BCUT2D eigenvalue weighted by Gasteiger charge is -2.13. The average Bonchev–Trinajstić information content (AvgIpc) is 3.16. The Bertz CT molecular complexity index is 871. The van der Waals surface area contributed by atoms with E-state index in [0.717, 1.165) is 37.9 Å². The minimum Gasteiger partial charge on any atom is -0.491 e. The van der Waals surface area contributed by atoms with Crippen LogP contribution >= 0.6 is 0 Å². The monoisotopic (exact) mass is 743 g/mol. The number of unbranched alkanes of at least 4 members (excludes halogenated alkanes) is 7. The van der Waals surface area contributed by atoms with E-state index in [-0.39, 0.29) is 18.5 Å². The predicted octanol–water partition coefficient (Wildman–Crippen LogP) is 7.25. The normalized spacial score (nSPS) is 12.0. The summed E-state index contributed by atoms with van der Waals surface area (Å²) in [5.41, 5.74) is 1.38. The van der Waals surface area contributed by atoms with E-state index in [0.29, 0.717) is 112 Å². The van der Waals surface area contributed by atoms with Gasteiger partial charge in [-0.3, -0.25) is 4.79 Å². The van der Waals surface area contributed by atoms with Crippen LogP contribution < -0.4 is 4.74 Å². The van der Waals surface area contributed by atoms with Crippen LogP contribution in [-0.4, -0.2) is 125 Å². The van der Waals surface area contributed by atoms with Gasteiger partial charge in [0, 0.05) is 0 Å². The first kappa shape index (κ1) is 48.2. The molecule has 0 aliphatic rings. The van der Waals surface area contributed by atoms with E-state index in [2.05, 4.69) is 38.1 Å². The van der Waals surface area contributed by atoms with Crippen LogP contribution in [0.1, 0.15) is 97.0 Å². The molecular formula is C41H74O11. The molecule has 1 atom stereocenters. The molecule has 0 heterocycles.